The topological polar surface area (TPSA) is 25.8 Å². The molecule has 16 heavy (non-hydrogen) atoms. The van der Waals surface area contributed by atoms with Crippen LogP contribution in [0.4, 0.5) is 0 Å². The van der Waals surface area contributed by atoms with Crippen LogP contribution in [0.25, 0.3) is 10.6 Å². The average molecular weight is 250 g/mol. The lowest BCUT2D eigenvalue weighted by atomic mass is 10.3. The highest BCUT2D eigenvalue weighted by Crippen LogP contribution is 2.24. The van der Waals surface area contributed by atoms with Gasteiger partial charge >= 0.3 is 0 Å². The first-order chi connectivity index (χ1) is 7.75. The van der Waals surface area contributed by atoms with Crippen molar-refractivity contribution in [3.63, 3.8) is 0 Å². The minimum Gasteiger partial charge on any atom is -0.149 e. The molecule has 0 N–H and O–H groups in total. The van der Waals surface area contributed by atoms with Crippen molar-refractivity contribution in [2.24, 2.45) is 5.92 Å². The van der Waals surface area contributed by atoms with Crippen LogP contribution in [0.2, 0.25) is 0 Å². The average Bonchev–Trinajstić information content (AvgIpc) is 2.80. The zero-order valence-electron chi connectivity index (χ0n) is 9.38. The summed E-state index contributed by atoms with van der Waals surface area (Å²) in [7, 11) is 0. The Bertz CT molecular complexity index is 421. The van der Waals surface area contributed by atoms with Gasteiger partial charge in [-0.25, -0.2) is 0 Å². The van der Waals surface area contributed by atoms with Gasteiger partial charge in [0.1, 0.15) is 10.7 Å². The summed E-state index contributed by atoms with van der Waals surface area (Å²) in [6.07, 6.45) is 0. The van der Waals surface area contributed by atoms with E-state index in [2.05, 4.69) is 41.6 Å². The standard InChI is InChI=1S/C12H14N2S2/c1-9(2)8-16-12-6-5-10(13-14-12)11-4-3-7-15-11/h3-7,9H,8H2,1-2H3. The summed E-state index contributed by atoms with van der Waals surface area (Å²) >= 11 is 3.46. The minimum absolute atomic E-state index is 0.684. The maximum absolute atomic E-state index is 4.24. The first kappa shape index (κ1) is 11.6. The predicted molar refractivity (Wildman–Crippen MR) is 70.9 cm³/mol. The van der Waals surface area contributed by atoms with Crippen LogP contribution < -0.4 is 0 Å². The van der Waals surface area contributed by atoms with Crippen LogP contribution in [0.3, 0.4) is 0 Å². The molecule has 0 fully saturated rings. The van der Waals surface area contributed by atoms with E-state index in [4.69, 9.17) is 0 Å². The van der Waals surface area contributed by atoms with E-state index in [1.54, 1.807) is 23.1 Å². The zero-order chi connectivity index (χ0) is 11.4. The van der Waals surface area contributed by atoms with Gasteiger partial charge in [0, 0.05) is 5.75 Å². The van der Waals surface area contributed by atoms with Gasteiger partial charge in [-0.1, -0.05) is 19.9 Å². The third-order valence-electron chi connectivity index (χ3n) is 1.98. The molecule has 0 aliphatic rings. The Hall–Kier alpha value is -0.870. The third kappa shape index (κ3) is 3.06. The number of nitrogens with zero attached hydrogens (tertiary/aromatic N) is 2. The summed E-state index contributed by atoms with van der Waals surface area (Å²) in [6, 6.07) is 8.19. The molecule has 0 aliphatic carbocycles. The molecule has 0 spiro atoms. The second kappa shape index (κ2) is 5.46. The second-order valence-corrected chi connectivity index (χ2v) is 5.93. The van der Waals surface area contributed by atoms with Crippen molar-refractivity contribution in [2.75, 3.05) is 5.75 Å². The summed E-state index contributed by atoms with van der Waals surface area (Å²) in [5.41, 5.74) is 0.962. The summed E-state index contributed by atoms with van der Waals surface area (Å²) < 4.78 is 0. The van der Waals surface area contributed by atoms with Crippen LogP contribution in [0.15, 0.2) is 34.7 Å². The minimum atomic E-state index is 0.684. The molecule has 2 aromatic heterocycles. The maximum atomic E-state index is 4.24. The Morgan fingerprint density at radius 3 is 2.69 bits per heavy atom. The molecular formula is C12H14N2S2. The Morgan fingerprint density at radius 2 is 2.12 bits per heavy atom. The van der Waals surface area contributed by atoms with Crippen molar-refractivity contribution in [1.29, 1.82) is 0 Å². The Morgan fingerprint density at radius 1 is 1.25 bits per heavy atom. The van der Waals surface area contributed by atoms with Gasteiger partial charge in [0.05, 0.1) is 4.88 Å². The molecule has 0 saturated carbocycles. The van der Waals surface area contributed by atoms with Crippen molar-refractivity contribution >= 4 is 23.1 Å². The van der Waals surface area contributed by atoms with Gasteiger partial charge in [-0.05, 0) is 29.5 Å². The van der Waals surface area contributed by atoms with Gasteiger partial charge in [-0.3, -0.25) is 0 Å². The zero-order valence-corrected chi connectivity index (χ0v) is 11.0. The molecule has 2 nitrogen and oxygen atoms in total. The molecule has 0 bridgehead atoms. The fraction of sp³-hybridized carbons (Fsp3) is 0.333. The van der Waals surface area contributed by atoms with E-state index in [-0.39, 0.29) is 0 Å². The third-order valence-corrected chi connectivity index (χ3v) is 4.22. The summed E-state index contributed by atoms with van der Waals surface area (Å²) in [6.45, 7) is 4.42. The van der Waals surface area contributed by atoms with E-state index in [9.17, 15) is 0 Å². The van der Waals surface area contributed by atoms with Crippen molar-refractivity contribution in [3.05, 3.63) is 29.6 Å². The number of aromatic nitrogens is 2. The summed E-state index contributed by atoms with van der Waals surface area (Å²) in [4.78, 5) is 1.17. The maximum Gasteiger partial charge on any atom is 0.119 e. The molecule has 2 rings (SSSR count). The van der Waals surface area contributed by atoms with Gasteiger partial charge in [0.15, 0.2) is 0 Å². The summed E-state index contributed by atoms with van der Waals surface area (Å²) in [5.74, 6) is 1.77. The van der Waals surface area contributed by atoms with Gasteiger partial charge in [-0.15, -0.1) is 33.3 Å². The number of thioether (sulfide) groups is 1. The van der Waals surface area contributed by atoms with E-state index < -0.39 is 0 Å². The smallest absolute Gasteiger partial charge is 0.119 e. The molecule has 84 valence electrons. The molecule has 0 radical (unpaired) electrons. The SMILES string of the molecule is CC(C)CSc1ccc(-c2cccs2)nn1. The van der Waals surface area contributed by atoms with E-state index in [0.29, 0.717) is 5.92 Å². The van der Waals surface area contributed by atoms with Gasteiger partial charge in [-0.2, -0.15) is 0 Å². The molecule has 0 saturated heterocycles. The summed E-state index contributed by atoms with van der Waals surface area (Å²) in [5, 5.41) is 11.5. The first-order valence-corrected chi connectivity index (χ1v) is 7.12. The number of hydrogen-bond donors (Lipinski definition) is 0. The molecule has 2 heterocycles. The lowest BCUT2D eigenvalue weighted by Crippen LogP contribution is -1.93. The molecular weight excluding hydrogens is 236 g/mol. The van der Waals surface area contributed by atoms with Crippen molar-refractivity contribution in [3.8, 4) is 10.6 Å². The highest BCUT2D eigenvalue weighted by atomic mass is 32.2. The van der Waals surface area contributed by atoms with E-state index >= 15 is 0 Å². The molecule has 4 heteroatoms. The molecule has 0 aliphatic heterocycles. The highest BCUT2D eigenvalue weighted by molar-refractivity contribution is 7.99. The Labute approximate surface area is 104 Å². The van der Waals surface area contributed by atoms with E-state index in [0.717, 1.165) is 16.5 Å². The quantitative estimate of drug-likeness (QED) is 0.768. The van der Waals surface area contributed by atoms with Crippen LogP contribution in [-0.2, 0) is 0 Å². The molecule has 0 unspecified atom stereocenters. The van der Waals surface area contributed by atoms with Crippen LogP contribution >= 0.6 is 23.1 Å². The number of thiophene rings is 1. The molecule has 0 aromatic carbocycles. The monoisotopic (exact) mass is 250 g/mol. The number of hydrogen-bond acceptors (Lipinski definition) is 4. The Balaban J connectivity index is 2.05. The van der Waals surface area contributed by atoms with Gasteiger partial charge < -0.3 is 0 Å². The normalized spacial score (nSPS) is 10.9. The molecule has 0 atom stereocenters. The van der Waals surface area contributed by atoms with Gasteiger partial charge in [0.25, 0.3) is 0 Å². The van der Waals surface area contributed by atoms with Gasteiger partial charge in [0.2, 0.25) is 0 Å². The van der Waals surface area contributed by atoms with Crippen LogP contribution in [0.5, 0.6) is 0 Å². The van der Waals surface area contributed by atoms with E-state index in [1.165, 1.54) is 4.88 Å². The first-order valence-electron chi connectivity index (χ1n) is 5.26. The van der Waals surface area contributed by atoms with Crippen molar-refractivity contribution in [2.45, 2.75) is 18.9 Å². The van der Waals surface area contributed by atoms with Crippen LogP contribution in [0.1, 0.15) is 13.8 Å². The van der Waals surface area contributed by atoms with Crippen LogP contribution in [-0.4, -0.2) is 16.0 Å². The second-order valence-electron chi connectivity index (χ2n) is 3.94. The van der Waals surface area contributed by atoms with Crippen LogP contribution in [0, 0.1) is 5.92 Å². The highest BCUT2D eigenvalue weighted by Gasteiger charge is 2.03. The lowest BCUT2D eigenvalue weighted by Gasteiger charge is -2.03. The van der Waals surface area contributed by atoms with E-state index in [1.807, 2.05) is 12.1 Å². The van der Waals surface area contributed by atoms with Crippen molar-refractivity contribution in [1.82, 2.24) is 10.2 Å². The Kier molecular flexibility index (Phi) is 3.96. The molecule has 2 aromatic rings. The fourth-order valence-corrected chi connectivity index (χ4v) is 2.66. The largest absolute Gasteiger partial charge is 0.149 e. The fourth-order valence-electron chi connectivity index (χ4n) is 1.20. The molecule has 0 amide bonds. The number of rotatable bonds is 4. The lowest BCUT2D eigenvalue weighted by molar-refractivity contribution is 0.748. The van der Waals surface area contributed by atoms with Crippen molar-refractivity contribution < 1.29 is 0 Å². The predicted octanol–water partition coefficient (Wildman–Crippen LogP) is 3.95.